The van der Waals surface area contributed by atoms with Crippen molar-refractivity contribution in [1.29, 1.82) is 0 Å². The largest absolute Gasteiger partial charge is 0.496 e. The number of aryl methyl sites for hydroxylation is 2. The number of benzene rings is 2. The molecule has 0 unspecified atom stereocenters. The van der Waals surface area contributed by atoms with E-state index in [0.717, 1.165) is 21.3 Å². The Balaban J connectivity index is 2.42. The number of ketones is 1. The maximum Gasteiger partial charge on any atom is 0.193 e. The van der Waals surface area contributed by atoms with Gasteiger partial charge >= 0.3 is 0 Å². The lowest BCUT2D eigenvalue weighted by molar-refractivity contribution is 0.103. The van der Waals surface area contributed by atoms with Crippen LogP contribution >= 0.6 is 15.9 Å². The smallest absolute Gasteiger partial charge is 0.193 e. The van der Waals surface area contributed by atoms with Crippen molar-refractivity contribution in [2.45, 2.75) is 13.8 Å². The van der Waals surface area contributed by atoms with Crippen LogP contribution in [0.1, 0.15) is 27.0 Å². The normalized spacial score (nSPS) is 10.3. The average molecular weight is 319 g/mol. The van der Waals surface area contributed by atoms with Crippen molar-refractivity contribution in [3.63, 3.8) is 0 Å². The topological polar surface area (TPSA) is 26.3 Å². The summed E-state index contributed by atoms with van der Waals surface area (Å²) in [4.78, 5) is 12.4. The van der Waals surface area contributed by atoms with Crippen molar-refractivity contribution in [2.75, 3.05) is 7.11 Å². The van der Waals surface area contributed by atoms with Gasteiger partial charge in [0.05, 0.1) is 7.11 Å². The number of halogens is 1. The van der Waals surface area contributed by atoms with Crippen molar-refractivity contribution < 1.29 is 9.53 Å². The highest BCUT2D eigenvalue weighted by atomic mass is 79.9. The van der Waals surface area contributed by atoms with Gasteiger partial charge in [0.15, 0.2) is 5.78 Å². The van der Waals surface area contributed by atoms with Gasteiger partial charge in [-0.1, -0.05) is 15.9 Å². The molecule has 19 heavy (non-hydrogen) atoms. The van der Waals surface area contributed by atoms with E-state index in [1.54, 1.807) is 7.11 Å². The van der Waals surface area contributed by atoms with Crippen LogP contribution in [-0.4, -0.2) is 12.9 Å². The molecule has 0 aliphatic carbocycles. The van der Waals surface area contributed by atoms with Gasteiger partial charge in [0.2, 0.25) is 0 Å². The predicted molar refractivity (Wildman–Crippen MR) is 80.0 cm³/mol. The van der Waals surface area contributed by atoms with Gasteiger partial charge in [-0.15, -0.1) is 0 Å². The highest BCUT2D eigenvalue weighted by Crippen LogP contribution is 2.25. The first-order valence-electron chi connectivity index (χ1n) is 5.98. The third-order valence-electron chi connectivity index (χ3n) is 3.03. The highest BCUT2D eigenvalue weighted by molar-refractivity contribution is 9.10. The molecule has 0 bridgehead atoms. The molecule has 2 aromatic carbocycles. The monoisotopic (exact) mass is 318 g/mol. The summed E-state index contributed by atoms with van der Waals surface area (Å²) in [5, 5.41) is 0. The van der Waals surface area contributed by atoms with Gasteiger partial charge in [-0.2, -0.15) is 0 Å². The first-order chi connectivity index (χ1) is 9.02. The van der Waals surface area contributed by atoms with E-state index in [0.29, 0.717) is 11.1 Å². The first-order valence-corrected chi connectivity index (χ1v) is 6.77. The van der Waals surface area contributed by atoms with Gasteiger partial charge in [-0.05, 0) is 61.4 Å². The molecule has 0 fully saturated rings. The van der Waals surface area contributed by atoms with Crippen molar-refractivity contribution in [3.05, 3.63) is 63.1 Å². The van der Waals surface area contributed by atoms with E-state index in [4.69, 9.17) is 4.74 Å². The molecule has 98 valence electrons. The molecule has 0 saturated carbocycles. The van der Waals surface area contributed by atoms with Crippen LogP contribution in [0.25, 0.3) is 0 Å². The predicted octanol–water partition coefficient (Wildman–Crippen LogP) is 4.31. The molecular weight excluding hydrogens is 304 g/mol. The molecule has 0 saturated heterocycles. The second kappa shape index (κ2) is 5.57. The zero-order valence-corrected chi connectivity index (χ0v) is 12.7. The van der Waals surface area contributed by atoms with Gasteiger partial charge in [0.1, 0.15) is 5.75 Å². The maximum atomic E-state index is 12.4. The summed E-state index contributed by atoms with van der Waals surface area (Å²) < 4.78 is 6.28. The second-order valence-electron chi connectivity index (χ2n) is 4.48. The standard InChI is InChI=1S/C16H15BrO2/c1-10-8-13(9-11(2)16(10)19-3)15(18)12-4-6-14(17)7-5-12/h4-9H,1-3H3. The zero-order valence-electron chi connectivity index (χ0n) is 11.2. The molecule has 0 N–H and O–H groups in total. The Morgan fingerprint density at radius 3 is 2.00 bits per heavy atom. The third-order valence-corrected chi connectivity index (χ3v) is 3.56. The van der Waals surface area contributed by atoms with Crippen molar-refractivity contribution in [1.82, 2.24) is 0 Å². The lowest BCUT2D eigenvalue weighted by atomic mass is 9.98. The third kappa shape index (κ3) is 2.87. The van der Waals surface area contributed by atoms with Crippen LogP contribution < -0.4 is 4.74 Å². The Morgan fingerprint density at radius 1 is 1.00 bits per heavy atom. The molecule has 2 nitrogen and oxygen atoms in total. The van der Waals surface area contributed by atoms with Crippen molar-refractivity contribution >= 4 is 21.7 Å². The molecule has 0 aromatic heterocycles. The number of methoxy groups -OCH3 is 1. The minimum Gasteiger partial charge on any atom is -0.496 e. The average Bonchev–Trinajstić information content (AvgIpc) is 2.38. The number of rotatable bonds is 3. The quantitative estimate of drug-likeness (QED) is 0.788. The fourth-order valence-electron chi connectivity index (χ4n) is 2.17. The fraction of sp³-hybridized carbons (Fsp3) is 0.188. The Hall–Kier alpha value is -1.61. The van der Waals surface area contributed by atoms with Crippen LogP contribution in [0, 0.1) is 13.8 Å². The maximum absolute atomic E-state index is 12.4. The number of hydrogen-bond donors (Lipinski definition) is 0. The molecule has 0 atom stereocenters. The van der Waals surface area contributed by atoms with Gasteiger partial charge in [0, 0.05) is 15.6 Å². The van der Waals surface area contributed by atoms with Crippen LogP contribution in [0.3, 0.4) is 0 Å². The molecule has 0 aliphatic heterocycles. The number of ether oxygens (including phenoxy) is 1. The van der Waals surface area contributed by atoms with Crippen LogP contribution in [0.2, 0.25) is 0 Å². The molecule has 0 radical (unpaired) electrons. The van der Waals surface area contributed by atoms with Crippen molar-refractivity contribution in [2.24, 2.45) is 0 Å². The minimum atomic E-state index is 0.0290. The summed E-state index contributed by atoms with van der Waals surface area (Å²) in [5.41, 5.74) is 3.33. The fourth-order valence-corrected chi connectivity index (χ4v) is 2.44. The summed E-state index contributed by atoms with van der Waals surface area (Å²) in [6, 6.07) is 11.1. The van der Waals surface area contributed by atoms with Crippen LogP contribution in [-0.2, 0) is 0 Å². The van der Waals surface area contributed by atoms with E-state index in [1.807, 2.05) is 50.2 Å². The van der Waals surface area contributed by atoms with Gasteiger partial charge in [-0.25, -0.2) is 0 Å². The number of carbonyl (C=O) groups excluding carboxylic acids is 1. The number of carbonyl (C=O) groups is 1. The van der Waals surface area contributed by atoms with Crippen molar-refractivity contribution in [3.8, 4) is 5.75 Å². The summed E-state index contributed by atoms with van der Waals surface area (Å²) in [7, 11) is 1.64. The van der Waals surface area contributed by atoms with E-state index < -0.39 is 0 Å². The molecule has 2 aromatic rings. The molecule has 0 amide bonds. The van der Waals surface area contributed by atoms with Crippen LogP contribution in [0.15, 0.2) is 40.9 Å². The Bertz CT molecular complexity index is 592. The first kappa shape index (κ1) is 13.8. The lowest BCUT2D eigenvalue weighted by Crippen LogP contribution is -2.03. The minimum absolute atomic E-state index is 0.0290. The van der Waals surface area contributed by atoms with E-state index in [1.165, 1.54) is 0 Å². The highest BCUT2D eigenvalue weighted by Gasteiger charge is 2.12. The Labute approximate surface area is 121 Å². The van der Waals surface area contributed by atoms with Crippen LogP contribution in [0.4, 0.5) is 0 Å². The zero-order chi connectivity index (χ0) is 14.0. The second-order valence-corrected chi connectivity index (χ2v) is 5.39. The molecule has 2 rings (SSSR count). The molecular formula is C16H15BrO2. The Morgan fingerprint density at radius 2 is 1.53 bits per heavy atom. The molecule has 0 heterocycles. The molecule has 0 spiro atoms. The molecule has 0 aliphatic rings. The van der Waals surface area contributed by atoms with Gasteiger partial charge in [-0.3, -0.25) is 4.79 Å². The van der Waals surface area contributed by atoms with E-state index >= 15 is 0 Å². The number of hydrogen-bond acceptors (Lipinski definition) is 2. The summed E-state index contributed by atoms with van der Waals surface area (Å²) in [5.74, 6) is 0.869. The lowest BCUT2D eigenvalue weighted by Gasteiger charge is -2.10. The van der Waals surface area contributed by atoms with Gasteiger partial charge < -0.3 is 4.74 Å². The van der Waals surface area contributed by atoms with Crippen LogP contribution in [0.5, 0.6) is 5.75 Å². The SMILES string of the molecule is COc1c(C)cc(C(=O)c2ccc(Br)cc2)cc1C. The summed E-state index contributed by atoms with van der Waals surface area (Å²) >= 11 is 3.37. The summed E-state index contributed by atoms with van der Waals surface area (Å²) in [6.07, 6.45) is 0. The van der Waals surface area contributed by atoms with Gasteiger partial charge in [0.25, 0.3) is 0 Å². The Kier molecular flexibility index (Phi) is 4.05. The summed E-state index contributed by atoms with van der Waals surface area (Å²) in [6.45, 7) is 3.90. The van der Waals surface area contributed by atoms with E-state index in [2.05, 4.69) is 15.9 Å². The van der Waals surface area contributed by atoms with E-state index in [9.17, 15) is 4.79 Å². The van der Waals surface area contributed by atoms with E-state index in [-0.39, 0.29) is 5.78 Å². The molecule has 3 heteroatoms.